The molecule has 1 aliphatic heterocycles. The van der Waals surface area contributed by atoms with Crippen LogP contribution in [0.2, 0.25) is 0 Å². The van der Waals surface area contributed by atoms with Gasteiger partial charge in [0.2, 0.25) is 0 Å². The van der Waals surface area contributed by atoms with Crippen molar-refractivity contribution < 1.29 is 34.8 Å². The zero-order valence-corrected chi connectivity index (χ0v) is 12.0. The molecule has 11 nitrogen and oxygen atoms in total. The number of hydrogen-bond acceptors (Lipinski definition) is 9. The first-order valence-electron chi connectivity index (χ1n) is 6.44. The maximum Gasteiger partial charge on any atom is 0.299 e. The Balaban J connectivity index is 2.08. The lowest BCUT2D eigenvalue weighted by molar-refractivity contribution is -0.292. The molecule has 124 valence electrons. The molecule has 2 rings (SSSR count). The van der Waals surface area contributed by atoms with Gasteiger partial charge in [-0.1, -0.05) is 5.21 Å². The average molecular weight is 318 g/mol. The minimum Gasteiger partial charge on any atom is -0.388 e. The fourth-order valence-electron chi connectivity index (χ4n) is 2.10. The van der Waals surface area contributed by atoms with Crippen molar-refractivity contribution in [2.24, 2.45) is 0 Å². The molecular formula is C11H18N4O7. The molecule has 22 heavy (non-hydrogen) atoms. The van der Waals surface area contributed by atoms with Gasteiger partial charge >= 0.3 is 0 Å². The summed E-state index contributed by atoms with van der Waals surface area (Å²) in [7, 11) is 2.44. The quantitative estimate of drug-likeness (QED) is 0.341. The van der Waals surface area contributed by atoms with Gasteiger partial charge in [-0.15, -0.1) is 5.10 Å². The third-order valence-corrected chi connectivity index (χ3v) is 3.32. The highest BCUT2D eigenvalue weighted by molar-refractivity contribution is 5.90. The van der Waals surface area contributed by atoms with E-state index in [9.17, 15) is 20.1 Å². The number of carbonyl (C=O) groups is 1. The SMILES string of the molecule is CO[C@H]1O[C@H](Cn2cc(C(=O)N(C)O)nn2)[C@@H](O)[C@H](O)[C@H]1O. The van der Waals surface area contributed by atoms with Crippen molar-refractivity contribution in [3.8, 4) is 0 Å². The summed E-state index contributed by atoms with van der Waals surface area (Å²) in [5.41, 5.74) is -0.0980. The molecule has 2 heterocycles. The highest BCUT2D eigenvalue weighted by Crippen LogP contribution is 2.22. The summed E-state index contributed by atoms with van der Waals surface area (Å²) >= 11 is 0. The van der Waals surface area contributed by atoms with Gasteiger partial charge in [0, 0.05) is 14.2 Å². The fourth-order valence-corrected chi connectivity index (χ4v) is 2.10. The van der Waals surface area contributed by atoms with E-state index in [1.165, 1.54) is 18.0 Å². The highest BCUT2D eigenvalue weighted by atomic mass is 16.7. The van der Waals surface area contributed by atoms with Crippen LogP contribution in [0.4, 0.5) is 0 Å². The first kappa shape index (κ1) is 16.7. The van der Waals surface area contributed by atoms with Gasteiger partial charge in [0.25, 0.3) is 5.91 Å². The predicted molar refractivity (Wildman–Crippen MR) is 67.6 cm³/mol. The van der Waals surface area contributed by atoms with Crippen LogP contribution in [0.25, 0.3) is 0 Å². The van der Waals surface area contributed by atoms with E-state index in [1.807, 2.05) is 0 Å². The summed E-state index contributed by atoms with van der Waals surface area (Å²) in [6, 6.07) is 0. The Hall–Kier alpha value is -1.63. The third-order valence-electron chi connectivity index (χ3n) is 3.32. The van der Waals surface area contributed by atoms with Crippen molar-refractivity contribution in [3.05, 3.63) is 11.9 Å². The topological polar surface area (TPSA) is 150 Å². The number of hydroxylamine groups is 2. The molecule has 0 radical (unpaired) electrons. The van der Waals surface area contributed by atoms with Crippen LogP contribution < -0.4 is 0 Å². The number of aliphatic hydroxyl groups is 3. The Morgan fingerprint density at radius 3 is 2.68 bits per heavy atom. The molecule has 0 aliphatic carbocycles. The van der Waals surface area contributed by atoms with Crippen LogP contribution in [0.5, 0.6) is 0 Å². The molecule has 0 aromatic carbocycles. The summed E-state index contributed by atoms with van der Waals surface area (Å²) in [4.78, 5) is 11.5. The van der Waals surface area contributed by atoms with Crippen molar-refractivity contribution >= 4 is 5.91 Å². The van der Waals surface area contributed by atoms with Crippen molar-refractivity contribution in [3.63, 3.8) is 0 Å². The summed E-state index contributed by atoms with van der Waals surface area (Å²) in [6.45, 7) is -0.0414. The Bertz CT molecular complexity index is 520. The number of hydrogen-bond donors (Lipinski definition) is 4. The molecule has 1 aromatic heterocycles. The Morgan fingerprint density at radius 1 is 1.41 bits per heavy atom. The van der Waals surface area contributed by atoms with Crippen LogP contribution in [0, 0.1) is 0 Å². The number of aliphatic hydroxyl groups excluding tert-OH is 3. The predicted octanol–water partition coefficient (Wildman–Crippen LogP) is -2.81. The van der Waals surface area contributed by atoms with Gasteiger partial charge in [-0.05, 0) is 0 Å². The van der Waals surface area contributed by atoms with Crippen LogP contribution >= 0.6 is 0 Å². The first-order chi connectivity index (χ1) is 10.3. The Kier molecular flexibility index (Phi) is 5.05. The minimum absolute atomic E-state index is 0.0414. The monoisotopic (exact) mass is 318 g/mol. The second-order valence-corrected chi connectivity index (χ2v) is 4.90. The number of amides is 1. The normalized spacial score (nSPS) is 32.0. The molecule has 1 saturated heterocycles. The first-order valence-corrected chi connectivity index (χ1v) is 6.44. The van der Waals surface area contributed by atoms with E-state index in [-0.39, 0.29) is 12.2 Å². The molecule has 1 aromatic rings. The van der Waals surface area contributed by atoms with Crippen molar-refractivity contribution in [2.75, 3.05) is 14.2 Å². The summed E-state index contributed by atoms with van der Waals surface area (Å²) < 4.78 is 11.4. The molecule has 1 amide bonds. The van der Waals surface area contributed by atoms with E-state index in [2.05, 4.69) is 10.3 Å². The van der Waals surface area contributed by atoms with Gasteiger partial charge in [0.1, 0.15) is 24.4 Å². The standard InChI is InChI=1S/C11H18N4O7/c1-14(20)10(19)5-3-15(13-12-5)4-6-7(16)8(17)9(18)11(21-2)22-6/h3,6-9,11,16-18,20H,4H2,1-2H3/t6-,7-,8+,9-,11+/m1/s1. The molecule has 0 bridgehead atoms. The van der Waals surface area contributed by atoms with E-state index in [0.717, 1.165) is 7.05 Å². The molecular weight excluding hydrogens is 300 g/mol. The van der Waals surface area contributed by atoms with Crippen LogP contribution in [0.15, 0.2) is 6.20 Å². The van der Waals surface area contributed by atoms with Crippen LogP contribution in [-0.4, -0.2) is 91.4 Å². The van der Waals surface area contributed by atoms with Gasteiger partial charge in [-0.3, -0.25) is 10.0 Å². The second kappa shape index (κ2) is 6.64. The number of aromatic nitrogens is 3. The second-order valence-electron chi connectivity index (χ2n) is 4.90. The number of nitrogens with zero attached hydrogens (tertiary/aromatic N) is 4. The number of rotatable bonds is 4. The maximum atomic E-state index is 11.5. The summed E-state index contributed by atoms with van der Waals surface area (Å²) in [5.74, 6) is -0.749. The number of carbonyl (C=O) groups excluding carboxylic acids is 1. The van der Waals surface area contributed by atoms with Gasteiger partial charge in [0.15, 0.2) is 12.0 Å². The van der Waals surface area contributed by atoms with Crippen molar-refractivity contribution in [2.45, 2.75) is 37.3 Å². The van der Waals surface area contributed by atoms with Crippen LogP contribution in [0.3, 0.4) is 0 Å². The minimum atomic E-state index is -1.45. The molecule has 1 fully saturated rings. The van der Waals surface area contributed by atoms with Crippen molar-refractivity contribution in [1.29, 1.82) is 0 Å². The Labute approximate surface area is 125 Å². The average Bonchev–Trinajstić information content (AvgIpc) is 2.95. The lowest BCUT2D eigenvalue weighted by atomic mass is 9.99. The lowest BCUT2D eigenvalue weighted by Crippen LogP contribution is -2.58. The smallest absolute Gasteiger partial charge is 0.299 e. The van der Waals surface area contributed by atoms with E-state index in [0.29, 0.717) is 5.06 Å². The summed E-state index contributed by atoms with van der Waals surface area (Å²) in [5, 5.41) is 46.0. The van der Waals surface area contributed by atoms with Gasteiger partial charge in [0.05, 0.1) is 12.7 Å². The van der Waals surface area contributed by atoms with Gasteiger partial charge < -0.3 is 24.8 Å². The summed E-state index contributed by atoms with van der Waals surface area (Å²) in [6.07, 6.45) is -4.98. The lowest BCUT2D eigenvalue weighted by Gasteiger charge is -2.39. The van der Waals surface area contributed by atoms with Crippen molar-refractivity contribution in [1.82, 2.24) is 20.1 Å². The maximum absolute atomic E-state index is 11.5. The van der Waals surface area contributed by atoms with Crippen LogP contribution in [-0.2, 0) is 16.0 Å². The molecule has 5 atom stereocenters. The van der Waals surface area contributed by atoms with Crippen LogP contribution in [0.1, 0.15) is 10.5 Å². The Morgan fingerprint density at radius 2 is 2.09 bits per heavy atom. The van der Waals surface area contributed by atoms with E-state index in [4.69, 9.17) is 14.7 Å². The van der Waals surface area contributed by atoms with Gasteiger partial charge in [-0.25, -0.2) is 9.75 Å². The molecule has 11 heteroatoms. The third kappa shape index (κ3) is 3.24. The highest BCUT2D eigenvalue weighted by Gasteiger charge is 2.44. The molecule has 0 unspecified atom stereocenters. The molecule has 1 aliphatic rings. The number of methoxy groups -OCH3 is 1. The zero-order chi connectivity index (χ0) is 16.4. The molecule has 0 saturated carbocycles. The zero-order valence-electron chi connectivity index (χ0n) is 12.0. The van der Waals surface area contributed by atoms with E-state index >= 15 is 0 Å². The number of ether oxygens (including phenoxy) is 2. The van der Waals surface area contributed by atoms with Gasteiger partial charge in [-0.2, -0.15) is 0 Å². The van der Waals surface area contributed by atoms with E-state index < -0.39 is 36.6 Å². The largest absolute Gasteiger partial charge is 0.388 e. The molecule has 4 N–H and O–H groups in total. The molecule has 0 spiro atoms. The fraction of sp³-hybridized carbons (Fsp3) is 0.727. The van der Waals surface area contributed by atoms with E-state index in [1.54, 1.807) is 0 Å².